The molecule has 1 aromatic rings. The van der Waals surface area contributed by atoms with Gasteiger partial charge in [-0.1, -0.05) is 0 Å². The Morgan fingerprint density at radius 1 is 1.44 bits per heavy atom. The molecule has 0 aliphatic carbocycles. The van der Waals surface area contributed by atoms with Crippen molar-refractivity contribution in [3.63, 3.8) is 0 Å². The van der Waals surface area contributed by atoms with Gasteiger partial charge in [0.1, 0.15) is 5.78 Å². The third-order valence-electron chi connectivity index (χ3n) is 3.16. The van der Waals surface area contributed by atoms with Crippen molar-refractivity contribution in [2.24, 2.45) is 5.92 Å². The van der Waals surface area contributed by atoms with Crippen molar-refractivity contribution < 1.29 is 4.79 Å². The average molecular weight is 218 g/mol. The van der Waals surface area contributed by atoms with Crippen LogP contribution in [-0.2, 0) is 11.2 Å². The van der Waals surface area contributed by atoms with Crippen LogP contribution in [0.2, 0.25) is 0 Å². The van der Waals surface area contributed by atoms with E-state index in [1.165, 1.54) is 5.56 Å². The monoisotopic (exact) mass is 218 g/mol. The molecule has 86 valence electrons. The Hall–Kier alpha value is -1.22. The van der Waals surface area contributed by atoms with Crippen LogP contribution in [0.4, 0.5) is 0 Å². The number of ketones is 1. The number of aromatic nitrogens is 1. The van der Waals surface area contributed by atoms with Gasteiger partial charge >= 0.3 is 0 Å². The summed E-state index contributed by atoms with van der Waals surface area (Å²) in [5, 5.41) is 3.28. The normalized spacial score (nSPS) is 20.6. The Labute approximate surface area is 96.3 Å². The van der Waals surface area contributed by atoms with Crippen LogP contribution in [0.15, 0.2) is 24.5 Å². The lowest BCUT2D eigenvalue weighted by molar-refractivity contribution is -0.123. The summed E-state index contributed by atoms with van der Waals surface area (Å²) in [4.78, 5) is 15.9. The molecule has 2 rings (SSSR count). The molecular formula is C13H18N2O. The lowest BCUT2D eigenvalue weighted by atomic mass is 9.92. The molecule has 0 saturated carbocycles. The predicted octanol–water partition coefficient (Wildman–Crippen LogP) is 1.58. The number of nitrogens with one attached hydrogen (secondary N) is 1. The lowest BCUT2D eigenvalue weighted by Gasteiger charge is -2.21. The number of Topliss-reactive ketones (excluding diaryl/α,β-unsaturated/α-hetero) is 1. The van der Waals surface area contributed by atoms with Crippen LogP contribution >= 0.6 is 0 Å². The highest BCUT2D eigenvalue weighted by molar-refractivity contribution is 5.81. The summed E-state index contributed by atoms with van der Waals surface area (Å²) < 4.78 is 0. The third-order valence-corrected chi connectivity index (χ3v) is 3.16. The number of hydrogen-bond acceptors (Lipinski definition) is 3. The summed E-state index contributed by atoms with van der Waals surface area (Å²) in [5.41, 5.74) is 1.20. The molecule has 1 aliphatic heterocycles. The summed E-state index contributed by atoms with van der Waals surface area (Å²) in [6.45, 7) is 1.93. The van der Waals surface area contributed by atoms with E-state index < -0.39 is 0 Å². The predicted molar refractivity (Wildman–Crippen MR) is 63.2 cm³/mol. The minimum atomic E-state index is 0.246. The standard InChI is InChI=1S/C13H18N2O/c16-13(12-2-1-7-15-10-12)4-3-11-5-8-14-9-6-11/h5-6,8-9,12,15H,1-4,7,10H2. The van der Waals surface area contributed by atoms with E-state index in [4.69, 9.17) is 0 Å². The van der Waals surface area contributed by atoms with E-state index in [9.17, 15) is 4.79 Å². The molecule has 16 heavy (non-hydrogen) atoms. The molecule has 1 N–H and O–H groups in total. The van der Waals surface area contributed by atoms with Crippen LogP contribution in [0.1, 0.15) is 24.8 Å². The van der Waals surface area contributed by atoms with Crippen molar-refractivity contribution in [1.82, 2.24) is 10.3 Å². The van der Waals surface area contributed by atoms with Crippen molar-refractivity contribution in [2.45, 2.75) is 25.7 Å². The molecule has 1 saturated heterocycles. The van der Waals surface area contributed by atoms with Crippen LogP contribution < -0.4 is 5.32 Å². The first-order valence-corrected chi connectivity index (χ1v) is 5.98. The molecule has 0 aromatic carbocycles. The quantitative estimate of drug-likeness (QED) is 0.834. The van der Waals surface area contributed by atoms with Crippen LogP contribution in [-0.4, -0.2) is 23.9 Å². The molecule has 1 unspecified atom stereocenters. The fourth-order valence-corrected chi connectivity index (χ4v) is 2.15. The van der Waals surface area contributed by atoms with Gasteiger partial charge in [-0.2, -0.15) is 0 Å². The van der Waals surface area contributed by atoms with Gasteiger partial charge in [0.25, 0.3) is 0 Å². The molecule has 0 spiro atoms. The molecule has 2 heterocycles. The van der Waals surface area contributed by atoms with Gasteiger partial charge in [-0.3, -0.25) is 9.78 Å². The Kier molecular flexibility index (Phi) is 4.05. The lowest BCUT2D eigenvalue weighted by Crippen LogP contribution is -2.34. The van der Waals surface area contributed by atoms with E-state index in [-0.39, 0.29) is 5.92 Å². The summed E-state index contributed by atoms with van der Waals surface area (Å²) in [6, 6.07) is 3.96. The maximum absolute atomic E-state index is 11.9. The number of rotatable bonds is 4. The highest BCUT2D eigenvalue weighted by Gasteiger charge is 2.20. The minimum absolute atomic E-state index is 0.246. The number of nitrogens with zero attached hydrogens (tertiary/aromatic N) is 1. The van der Waals surface area contributed by atoms with E-state index in [1.54, 1.807) is 12.4 Å². The highest BCUT2D eigenvalue weighted by Crippen LogP contribution is 2.14. The summed E-state index contributed by atoms with van der Waals surface area (Å²) in [7, 11) is 0. The van der Waals surface area contributed by atoms with Crippen LogP contribution in [0.3, 0.4) is 0 Å². The first kappa shape index (κ1) is 11.3. The maximum atomic E-state index is 11.9. The van der Waals surface area contributed by atoms with Gasteiger partial charge < -0.3 is 5.32 Å². The molecule has 1 aromatic heterocycles. The van der Waals surface area contributed by atoms with Crippen LogP contribution in [0.5, 0.6) is 0 Å². The smallest absolute Gasteiger partial charge is 0.137 e. The zero-order chi connectivity index (χ0) is 11.2. The summed E-state index contributed by atoms with van der Waals surface area (Å²) in [5.74, 6) is 0.652. The summed E-state index contributed by atoms with van der Waals surface area (Å²) >= 11 is 0. The van der Waals surface area contributed by atoms with E-state index in [2.05, 4.69) is 10.3 Å². The number of pyridine rings is 1. The first-order chi connectivity index (χ1) is 7.86. The number of aryl methyl sites for hydroxylation is 1. The molecule has 0 amide bonds. The second-order valence-corrected chi connectivity index (χ2v) is 4.37. The topological polar surface area (TPSA) is 42.0 Å². The van der Waals surface area contributed by atoms with Gasteiger partial charge in [-0.25, -0.2) is 0 Å². The van der Waals surface area contributed by atoms with E-state index >= 15 is 0 Å². The molecule has 0 bridgehead atoms. The Balaban J connectivity index is 1.79. The number of carbonyl (C=O) groups is 1. The second-order valence-electron chi connectivity index (χ2n) is 4.37. The molecule has 1 fully saturated rings. The van der Waals surface area contributed by atoms with E-state index in [1.807, 2.05) is 12.1 Å². The fourth-order valence-electron chi connectivity index (χ4n) is 2.15. The largest absolute Gasteiger partial charge is 0.316 e. The third kappa shape index (κ3) is 3.14. The van der Waals surface area contributed by atoms with Gasteiger partial charge in [0.15, 0.2) is 0 Å². The van der Waals surface area contributed by atoms with Gasteiger partial charge in [0, 0.05) is 31.3 Å². The Bertz CT molecular complexity index is 331. The first-order valence-electron chi connectivity index (χ1n) is 5.98. The van der Waals surface area contributed by atoms with Crippen molar-refractivity contribution >= 4 is 5.78 Å². The Morgan fingerprint density at radius 3 is 2.94 bits per heavy atom. The maximum Gasteiger partial charge on any atom is 0.137 e. The average Bonchev–Trinajstić information content (AvgIpc) is 2.38. The van der Waals surface area contributed by atoms with Gasteiger partial charge in [0.05, 0.1) is 0 Å². The van der Waals surface area contributed by atoms with Crippen LogP contribution in [0.25, 0.3) is 0 Å². The number of piperidine rings is 1. The van der Waals surface area contributed by atoms with Crippen molar-refractivity contribution in [3.8, 4) is 0 Å². The highest BCUT2D eigenvalue weighted by atomic mass is 16.1. The van der Waals surface area contributed by atoms with Crippen molar-refractivity contribution in [1.29, 1.82) is 0 Å². The molecular weight excluding hydrogens is 200 g/mol. The van der Waals surface area contributed by atoms with E-state index in [0.29, 0.717) is 12.2 Å². The number of hydrogen-bond donors (Lipinski definition) is 1. The summed E-state index contributed by atoms with van der Waals surface area (Å²) in [6.07, 6.45) is 7.26. The van der Waals surface area contributed by atoms with Gasteiger partial charge in [-0.05, 0) is 43.5 Å². The van der Waals surface area contributed by atoms with Crippen LogP contribution in [0, 0.1) is 5.92 Å². The number of carbonyl (C=O) groups excluding carboxylic acids is 1. The molecule has 1 atom stereocenters. The van der Waals surface area contributed by atoms with Crippen molar-refractivity contribution in [3.05, 3.63) is 30.1 Å². The fraction of sp³-hybridized carbons (Fsp3) is 0.538. The minimum Gasteiger partial charge on any atom is -0.316 e. The van der Waals surface area contributed by atoms with E-state index in [0.717, 1.165) is 32.4 Å². The molecule has 0 radical (unpaired) electrons. The van der Waals surface area contributed by atoms with Gasteiger partial charge in [-0.15, -0.1) is 0 Å². The van der Waals surface area contributed by atoms with Gasteiger partial charge in [0.2, 0.25) is 0 Å². The van der Waals surface area contributed by atoms with Crippen molar-refractivity contribution in [2.75, 3.05) is 13.1 Å². The molecule has 3 nitrogen and oxygen atoms in total. The zero-order valence-electron chi connectivity index (χ0n) is 9.48. The Morgan fingerprint density at radius 2 is 2.25 bits per heavy atom. The zero-order valence-corrected chi connectivity index (χ0v) is 9.48. The SMILES string of the molecule is O=C(CCc1ccncc1)C1CCCNC1. The second kappa shape index (κ2) is 5.75. The molecule has 3 heteroatoms. The molecule has 1 aliphatic rings.